The Labute approximate surface area is 159 Å². The number of methoxy groups -OCH3 is 1. The van der Waals surface area contributed by atoms with Gasteiger partial charge in [0.15, 0.2) is 11.9 Å². The van der Waals surface area contributed by atoms with E-state index in [1.807, 2.05) is 32.0 Å². The Morgan fingerprint density at radius 1 is 1.19 bits per heavy atom. The molecule has 27 heavy (non-hydrogen) atoms. The monoisotopic (exact) mass is 365 g/mol. The van der Waals surface area contributed by atoms with Crippen LogP contribution in [-0.2, 0) is 19.5 Å². The fourth-order valence-corrected chi connectivity index (χ4v) is 3.32. The van der Waals surface area contributed by atoms with Crippen LogP contribution in [0, 0.1) is 13.8 Å². The van der Waals surface area contributed by atoms with Gasteiger partial charge in [0, 0.05) is 29.6 Å². The van der Waals surface area contributed by atoms with Gasteiger partial charge in [-0.2, -0.15) is 4.57 Å². The van der Waals surface area contributed by atoms with Gasteiger partial charge in [-0.3, -0.25) is 4.79 Å². The molecule has 0 amide bonds. The summed E-state index contributed by atoms with van der Waals surface area (Å²) in [7, 11) is 1.66. The number of ether oxygens (including phenoxy) is 1. The Morgan fingerprint density at radius 2 is 1.93 bits per heavy atom. The van der Waals surface area contributed by atoms with Crippen molar-refractivity contribution >= 4 is 5.78 Å². The lowest BCUT2D eigenvalue weighted by atomic mass is 10.1. The van der Waals surface area contributed by atoms with Gasteiger partial charge < -0.3 is 14.4 Å². The first-order chi connectivity index (χ1) is 13.0. The molecule has 0 saturated carbocycles. The smallest absolute Gasteiger partial charge is 0.229 e. The number of carbonyl (C=O) groups is 1. The number of aromatic hydroxyl groups is 1. The zero-order valence-corrected chi connectivity index (χ0v) is 16.0. The Kier molecular flexibility index (Phi) is 5.60. The molecule has 5 nitrogen and oxygen atoms in total. The van der Waals surface area contributed by atoms with Gasteiger partial charge in [-0.1, -0.05) is 12.1 Å². The van der Waals surface area contributed by atoms with E-state index in [9.17, 15) is 9.90 Å². The second-order valence-corrected chi connectivity index (χ2v) is 6.69. The van der Waals surface area contributed by atoms with Gasteiger partial charge in [0.25, 0.3) is 0 Å². The van der Waals surface area contributed by atoms with E-state index in [1.165, 1.54) is 5.56 Å². The molecule has 3 aromatic rings. The van der Waals surface area contributed by atoms with Crippen molar-refractivity contribution in [2.24, 2.45) is 0 Å². The van der Waals surface area contributed by atoms with Gasteiger partial charge in [0.1, 0.15) is 5.75 Å². The second-order valence-electron chi connectivity index (χ2n) is 6.69. The molecule has 0 aliphatic rings. The molecule has 3 rings (SSSR count). The summed E-state index contributed by atoms with van der Waals surface area (Å²) in [6, 6.07) is 13.3. The minimum atomic E-state index is 0.0365. The van der Waals surface area contributed by atoms with Crippen LogP contribution in [0.5, 0.6) is 11.5 Å². The molecule has 0 fully saturated rings. The number of aryl methyl sites for hydroxylation is 2. The number of hydrogen-bond donors (Lipinski definition) is 1. The molecule has 0 aliphatic heterocycles. The molecule has 0 radical (unpaired) electrons. The maximum atomic E-state index is 12.7. The van der Waals surface area contributed by atoms with E-state index in [0.29, 0.717) is 0 Å². The molecule has 2 aromatic heterocycles. The summed E-state index contributed by atoms with van der Waals surface area (Å²) in [5.41, 5.74) is 4.02. The molecule has 2 heterocycles. The largest absolute Gasteiger partial charge is 0.503 e. The molecule has 0 saturated heterocycles. The quantitative estimate of drug-likeness (QED) is 0.517. The number of benzene rings is 1. The summed E-state index contributed by atoms with van der Waals surface area (Å²) < 4.78 is 9.08. The van der Waals surface area contributed by atoms with Crippen molar-refractivity contribution < 1.29 is 19.2 Å². The number of hydrogen-bond acceptors (Lipinski definition) is 3. The summed E-state index contributed by atoms with van der Waals surface area (Å²) in [4.78, 5) is 12.7. The zero-order chi connectivity index (χ0) is 19.4. The first-order valence-corrected chi connectivity index (χ1v) is 8.99. The average molecular weight is 365 g/mol. The van der Waals surface area contributed by atoms with Crippen molar-refractivity contribution in [2.45, 2.75) is 33.4 Å². The van der Waals surface area contributed by atoms with Crippen molar-refractivity contribution in [2.75, 3.05) is 7.11 Å². The lowest BCUT2D eigenvalue weighted by molar-refractivity contribution is -0.683. The van der Waals surface area contributed by atoms with Crippen molar-refractivity contribution in [1.82, 2.24) is 4.57 Å². The molecule has 1 aromatic carbocycles. The lowest BCUT2D eigenvalue weighted by Gasteiger charge is -2.10. The Morgan fingerprint density at radius 3 is 2.59 bits per heavy atom. The fraction of sp³-hybridized carbons (Fsp3) is 0.273. The van der Waals surface area contributed by atoms with Gasteiger partial charge in [-0.05, 0) is 50.1 Å². The number of Topliss-reactive ketones (excluding diaryl/α,β-unsaturated/α-hetero) is 1. The third kappa shape index (κ3) is 4.37. The molecule has 0 bridgehead atoms. The van der Waals surface area contributed by atoms with E-state index in [4.69, 9.17) is 4.74 Å². The Hall–Kier alpha value is -3.08. The molecular weight excluding hydrogens is 340 g/mol. The maximum Gasteiger partial charge on any atom is 0.229 e. The van der Waals surface area contributed by atoms with Crippen LogP contribution >= 0.6 is 0 Å². The highest BCUT2D eigenvalue weighted by Crippen LogP contribution is 2.18. The molecule has 1 N–H and O–H groups in total. The van der Waals surface area contributed by atoms with Crippen molar-refractivity contribution in [1.29, 1.82) is 0 Å². The highest BCUT2D eigenvalue weighted by atomic mass is 16.5. The van der Waals surface area contributed by atoms with Crippen LogP contribution in [0.25, 0.3) is 0 Å². The number of rotatable bonds is 7. The molecule has 0 unspecified atom stereocenters. The number of pyridine rings is 1. The van der Waals surface area contributed by atoms with Crippen molar-refractivity contribution in [3.63, 3.8) is 0 Å². The first kappa shape index (κ1) is 18.7. The highest BCUT2D eigenvalue weighted by molar-refractivity contribution is 5.96. The Bertz CT molecular complexity index is 943. The van der Waals surface area contributed by atoms with E-state index in [0.717, 1.165) is 35.7 Å². The SMILES string of the molecule is COc1ccc(CCn2c(C)cc(C(=O)C[n+]3cccc(O)c3)c2C)cc1. The normalized spacial score (nSPS) is 10.8. The van der Waals surface area contributed by atoms with Gasteiger partial charge >= 0.3 is 0 Å². The number of nitrogens with zero attached hydrogens (tertiary/aromatic N) is 2. The van der Waals surface area contributed by atoms with Crippen LogP contribution < -0.4 is 9.30 Å². The molecule has 0 spiro atoms. The first-order valence-electron chi connectivity index (χ1n) is 8.99. The summed E-state index contributed by atoms with van der Waals surface area (Å²) in [6.07, 6.45) is 4.22. The van der Waals surface area contributed by atoms with E-state index in [2.05, 4.69) is 16.7 Å². The summed E-state index contributed by atoms with van der Waals surface area (Å²) >= 11 is 0. The van der Waals surface area contributed by atoms with E-state index in [1.54, 1.807) is 36.2 Å². The van der Waals surface area contributed by atoms with Crippen LogP contribution in [0.3, 0.4) is 0 Å². The third-order valence-corrected chi connectivity index (χ3v) is 4.83. The third-order valence-electron chi connectivity index (χ3n) is 4.83. The topological polar surface area (TPSA) is 55.3 Å². The van der Waals surface area contributed by atoms with Crippen LogP contribution in [0.4, 0.5) is 0 Å². The van der Waals surface area contributed by atoms with E-state index in [-0.39, 0.29) is 18.1 Å². The van der Waals surface area contributed by atoms with Gasteiger partial charge in [-0.25, -0.2) is 0 Å². The molecule has 5 heteroatoms. The minimum Gasteiger partial charge on any atom is -0.503 e. The number of ketones is 1. The van der Waals surface area contributed by atoms with Gasteiger partial charge in [0.2, 0.25) is 18.5 Å². The second kappa shape index (κ2) is 8.08. The van der Waals surface area contributed by atoms with E-state index < -0.39 is 0 Å². The summed E-state index contributed by atoms with van der Waals surface area (Å²) in [5.74, 6) is 1.04. The van der Waals surface area contributed by atoms with Crippen LogP contribution in [0.2, 0.25) is 0 Å². The van der Waals surface area contributed by atoms with Crippen molar-refractivity contribution in [3.05, 3.63) is 77.4 Å². The predicted molar refractivity (Wildman–Crippen MR) is 103 cm³/mol. The van der Waals surface area contributed by atoms with Crippen LogP contribution in [-0.4, -0.2) is 22.6 Å². The molecule has 0 atom stereocenters. The number of carbonyl (C=O) groups excluding carboxylic acids is 1. The predicted octanol–water partition coefficient (Wildman–Crippen LogP) is 3.23. The highest BCUT2D eigenvalue weighted by Gasteiger charge is 2.19. The summed E-state index contributed by atoms with van der Waals surface area (Å²) in [6.45, 7) is 5.04. The minimum absolute atomic E-state index is 0.0365. The van der Waals surface area contributed by atoms with Crippen LogP contribution in [0.15, 0.2) is 54.9 Å². The molecular formula is C22H25N2O3+. The van der Waals surface area contributed by atoms with Crippen molar-refractivity contribution in [3.8, 4) is 11.5 Å². The Balaban J connectivity index is 1.72. The van der Waals surface area contributed by atoms with E-state index >= 15 is 0 Å². The number of aromatic nitrogens is 2. The molecule has 0 aliphatic carbocycles. The standard InChI is InChI=1S/C22H24N2O3/c1-16-13-21(22(26)15-23-11-4-5-19(25)14-23)17(2)24(16)12-10-18-6-8-20(27-3)9-7-18/h4-9,11,13-14H,10,12,15H2,1-3H3/p+1. The van der Waals surface area contributed by atoms with Gasteiger partial charge in [-0.15, -0.1) is 0 Å². The maximum absolute atomic E-state index is 12.7. The zero-order valence-electron chi connectivity index (χ0n) is 16.0. The fourth-order valence-electron chi connectivity index (χ4n) is 3.32. The summed E-state index contributed by atoms with van der Waals surface area (Å²) in [5, 5.41) is 9.57. The lowest BCUT2D eigenvalue weighted by Crippen LogP contribution is -2.37. The van der Waals surface area contributed by atoms with Crippen LogP contribution in [0.1, 0.15) is 27.3 Å². The average Bonchev–Trinajstić information content (AvgIpc) is 2.94. The molecule has 140 valence electrons. The van der Waals surface area contributed by atoms with Gasteiger partial charge in [0.05, 0.1) is 7.11 Å².